The highest BCUT2D eigenvalue weighted by Crippen LogP contribution is 2.27. The van der Waals surface area contributed by atoms with Crippen molar-refractivity contribution in [2.24, 2.45) is 0 Å². The maximum atomic E-state index is 13.1. The van der Waals surface area contributed by atoms with Gasteiger partial charge in [-0.25, -0.2) is 4.39 Å². The van der Waals surface area contributed by atoms with Crippen LogP contribution in [0.4, 0.5) is 10.1 Å². The van der Waals surface area contributed by atoms with Gasteiger partial charge in [0.05, 0.1) is 22.1 Å². The molecule has 0 aliphatic rings. The largest absolute Gasteiger partial charge is 0.380 e. The number of rotatable bonds is 3. The second kappa shape index (κ2) is 4.99. The lowest BCUT2D eigenvalue weighted by atomic mass is 10.3. The van der Waals surface area contributed by atoms with E-state index < -0.39 is 5.82 Å². The Balaban J connectivity index is 2.10. The van der Waals surface area contributed by atoms with Crippen LogP contribution in [0, 0.1) is 5.82 Å². The minimum absolute atomic E-state index is 0.0132. The summed E-state index contributed by atoms with van der Waals surface area (Å²) in [6.07, 6.45) is 1.77. The van der Waals surface area contributed by atoms with E-state index in [9.17, 15) is 4.39 Å². The first-order chi connectivity index (χ1) is 7.66. The minimum Gasteiger partial charge on any atom is -0.380 e. The normalized spacial score (nSPS) is 10.4. The molecule has 0 radical (unpaired) electrons. The number of halogens is 3. The van der Waals surface area contributed by atoms with Crippen LogP contribution < -0.4 is 5.32 Å². The van der Waals surface area contributed by atoms with Crippen LogP contribution in [0.1, 0.15) is 4.88 Å². The second-order valence-electron chi connectivity index (χ2n) is 3.08. The highest BCUT2D eigenvalue weighted by molar-refractivity contribution is 7.09. The Morgan fingerprint density at radius 2 is 2.00 bits per heavy atom. The molecule has 0 atom stereocenters. The fraction of sp³-hybridized carbons (Fsp3) is 0.100. The summed E-state index contributed by atoms with van der Waals surface area (Å²) in [6, 6.07) is 3.01. The molecule has 0 saturated heterocycles. The van der Waals surface area contributed by atoms with Gasteiger partial charge in [0, 0.05) is 16.8 Å². The molecular weight excluding hydrogens is 270 g/mol. The number of benzene rings is 1. The van der Waals surface area contributed by atoms with Crippen LogP contribution >= 0.6 is 34.5 Å². The van der Waals surface area contributed by atoms with Crippen LogP contribution in [0.3, 0.4) is 0 Å². The first-order valence-electron chi connectivity index (χ1n) is 4.42. The molecular formula is C10H7Cl2FN2S. The summed E-state index contributed by atoms with van der Waals surface area (Å²) in [5.41, 5.74) is 2.44. The maximum absolute atomic E-state index is 13.1. The topological polar surface area (TPSA) is 24.9 Å². The van der Waals surface area contributed by atoms with Crippen LogP contribution in [-0.2, 0) is 6.54 Å². The lowest BCUT2D eigenvalue weighted by molar-refractivity contribution is 0.629. The first kappa shape index (κ1) is 11.6. The molecule has 0 spiro atoms. The predicted molar refractivity (Wildman–Crippen MR) is 65.9 cm³/mol. The van der Waals surface area contributed by atoms with E-state index in [1.807, 2.05) is 0 Å². The van der Waals surface area contributed by atoms with Gasteiger partial charge in [-0.05, 0) is 12.1 Å². The van der Waals surface area contributed by atoms with E-state index in [0.717, 1.165) is 4.88 Å². The maximum Gasteiger partial charge on any atom is 0.160 e. The molecule has 1 aromatic carbocycles. The third kappa shape index (κ3) is 2.64. The van der Waals surface area contributed by atoms with Crippen LogP contribution in [0.15, 0.2) is 23.8 Å². The number of hydrogen-bond acceptors (Lipinski definition) is 3. The van der Waals surface area contributed by atoms with E-state index >= 15 is 0 Å². The Hall–Kier alpha value is -0.840. The third-order valence-electron chi connectivity index (χ3n) is 1.93. The summed E-state index contributed by atoms with van der Waals surface area (Å²) in [6.45, 7) is 0.614. The average molecular weight is 277 g/mol. The highest BCUT2D eigenvalue weighted by Gasteiger charge is 2.07. The Morgan fingerprint density at radius 1 is 1.31 bits per heavy atom. The van der Waals surface area contributed by atoms with Crippen molar-refractivity contribution in [1.82, 2.24) is 4.98 Å². The van der Waals surface area contributed by atoms with Gasteiger partial charge in [0.1, 0.15) is 0 Å². The van der Waals surface area contributed by atoms with E-state index in [1.54, 1.807) is 23.0 Å². The highest BCUT2D eigenvalue weighted by atomic mass is 35.5. The van der Waals surface area contributed by atoms with Gasteiger partial charge in [-0.3, -0.25) is 4.98 Å². The number of nitrogens with one attached hydrogen (secondary N) is 1. The summed E-state index contributed by atoms with van der Waals surface area (Å²) in [7, 11) is 0. The molecule has 2 nitrogen and oxygen atoms in total. The Labute approximate surface area is 106 Å². The summed E-state index contributed by atoms with van der Waals surface area (Å²) in [4.78, 5) is 5.03. The van der Waals surface area contributed by atoms with Crippen molar-refractivity contribution >= 4 is 40.2 Å². The molecule has 1 N–H and O–H groups in total. The van der Waals surface area contributed by atoms with Crippen LogP contribution in [-0.4, -0.2) is 4.98 Å². The van der Waals surface area contributed by atoms with Crippen molar-refractivity contribution in [3.63, 3.8) is 0 Å². The second-order valence-corrected chi connectivity index (χ2v) is 4.86. The Kier molecular flexibility index (Phi) is 3.63. The molecule has 84 valence electrons. The molecule has 0 unspecified atom stereocenters. The van der Waals surface area contributed by atoms with Crippen molar-refractivity contribution in [1.29, 1.82) is 0 Å². The SMILES string of the molecule is Fc1c(Cl)cc(NCc2cncs2)cc1Cl. The van der Waals surface area contributed by atoms with Crippen molar-refractivity contribution in [2.75, 3.05) is 5.32 Å². The average Bonchev–Trinajstić information content (AvgIpc) is 2.75. The van der Waals surface area contributed by atoms with E-state index in [0.29, 0.717) is 12.2 Å². The zero-order valence-electron chi connectivity index (χ0n) is 8.01. The van der Waals surface area contributed by atoms with E-state index in [2.05, 4.69) is 10.3 Å². The van der Waals surface area contributed by atoms with Crippen molar-refractivity contribution in [3.05, 3.63) is 44.6 Å². The minimum atomic E-state index is -0.591. The molecule has 1 aromatic heterocycles. The lowest BCUT2D eigenvalue weighted by Gasteiger charge is -2.06. The van der Waals surface area contributed by atoms with Gasteiger partial charge in [-0.1, -0.05) is 23.2 Å². The van der Waals surface area contributed by atoms with Gasteiger partial charge in [0.15, 0.2) is 5.82 Å². The number of hydrogen-bond donors (Lipinski definition) is 1. The Bertz CT molecular complexity index is 465. The van der Waals surface area contributed by atoms with E-state index in [4.69, 9.17) is 23.2 Å². The molecule has 1 heterocycles. The molecule has 0 amide bonds. The van der Waals surface area contributed by atoms with Crippen molar-refractivity contribution in [3.8, 4) is 0 Å². The molecule has 6 heteroatoms. The smallest absolute Gasteiger partial charge is 0.160 e. The molecule has 0 aliphatic carbocycles. The van der Waals surface area contributed by atoms with Crippen molar-refractivity contribution < 1.29 is 4.39 Å². The number of thiazole rings is 1. The molecule has 2 rings (SSSR count). The zero-order valence-corrected chi connectivity index (χ0v) is 10.3. The summed E-state index contributed by atoms with van der Waals surface area (Å²) in [5, 5.41) is 3.12. The van der Waals surface area contributed by atoms with E-state index in [-0.39, 0.29) is 10.0 Å². The predicted octanol–water partition coefficient (Wildman–Crippen LogP) is 4.20. The van der Waals surface area contributed by atoms with Crippen molar-refractivity contribution in [2.45, 2.75) is 6.54 Å². The third-order valence-corrected chi connectivity index (χ3v) is 3.26. The van der Waals surface area contributed by atoms with Gasteiger partial charge < -0.3 is 5.32 Å². The first-order valence-corrected chi connectivity index (χ1v) is 6.06. The molecule has 0 saturated carbocycles. The van der Waals surface area contributed by atoms with Gasteiger partial charge >= 0.3 is 0 Å². The summed E-state index contributed by atoms with van der Waals surface area (Å²) in [5.74, 6) is -0.591. The fourth-order valence-corrected chi connectivity index (χ4v) is 2.20. The monoisotopic (exact) mass is 276 g/mol. The number of anilines is 1. The quantitative estimate of drug-likeness (QED) is 0.850. The van der Waals surface area contributed by atoms with Gasteiger partial charge in [0.2, 0.25) is 0 Å². The zero-order chi connectivity index (χ0) is 11.5. The van der Waals surface area contributed by atoms with Gasteiger partial charge in [-0.15, -0.1) is 11.3 Å². The Morgan fingerprint density at radius 3 is 2.56 bits per heavy atom. The van der Waals surface area contributed by atoms with Gasteiger partial charge in [-0.2, -0.15) is 0 Å². The molecule has 2 aromatic rings. The summed E-state index contributed by atoms with van der Waals surface area (Å²) >= 11 is 12.9. The number of nitrogens with zero attached hydrogens (tertiary/aromatic N) is 1. The standard InChI is InChI=1S/C10H7Cl2FN2S/c11-8-1-6(2-9(12)10(8)13)15-4-7-3-14-5-16-7/h1-3,5,15H,4H2. The fourth-order valence-electron chi connectivity index (χ4n) is 1.18. The molecule has 16 heavy (non-hydrogen) atoms. The molecule has 0 fully saturated rings. The van der Waals surface area contributed by atoms with Crippen LogP contribution in [0.25, 0.3) is 0 Å². The van der Waals surface area contributed by atoms with Gasteiger partial charge in [0.25, 0.3) is 0 Å². The number of aromatic nitrogens is 1. The molecule has 0 bridgehead atoms. The lowest BCUT2D eigenvalue weighted by Crippen LogP contribution is -1.98. The van der Waals surface area contributed by atoms with E-state index in [1.165, 1.54) is 12.1 Å². The molecule has 0 aliphatic heterocycles. The van der Waals surface area contributed by atoms with Crippen LogP contribution in [0.5, 0.6) is 0 Å². The summed E-state index contributed by atoms with van der Waals surface area (Å²) < 4.78 is 13.1. The van der Waals surface area contributed by atoms with Crippen LogP contribution in [0.2, 0.25) is 10.0 Å².